The molecule has 25 heavy (non-hydrogen) atoms. The molecule has 0 aliphatic heterocycles. The van der Waals surface area contributed by atoms with Gasteiger partial charge in [-0.1, -0.05) is 19.0 Å². The van der Waals surface area contributed by atoms with E-state index in [-0.39, 0.29) is 17.5 Å². The number of rotatable bonds is 5. The number of hydrogen-bond acceptors (Lipinski definition) is 8. The van der Waals surface area contributed by atoms with Crippen LogP contribution in [0.4, 0.5) is 0 Å². The van der Waals surface area contributed by atoms with Crippen molar-refractivity contribution in [3.63, 3.8) is 0 Å². The third-order valence-electron chi connectivity index (χ3n) is 3.59. The van der Waals surface area contributed by atoms with Crippen LogP contribution < -0.4 is 0 Å². The van der Waals surface area contributed by atoms with Gasteiger partial charge in [0.2, 0.25) is 0 Å². The molecule has 8 nitrogen and oxygen atoms in total. The van der Waals surface area contributed by atoms with Crippen LogP contribution in [-0.4, -0.2) is 34.2 Å². The fourth-order valence-electron chi connectivity index (χ4n) is 2.20. The number of hydrogen-bond donors (Lipinski definition) is 1. The Bertz CT molecular complexity index is 923. The number of esters is 2. The lowest BCUT2D eigenvalue weighted by atomic mass is 10.2. The van der Waals surface area contributed by atoms with Gasteiger partial charge in [-0.3, -0.25) is 0 Å². The van der Waals surface area contributed by atoms with Gasteiger partial charge in [0, 0.05) is 11.3 Å². The highest BCUT2D eigenvalue weighted by Crippen LogP contribution is 2.28. The van der Waals surface area contributed by atoms with Gasteiger partial charge in [0.05, 0.1) is 22.9 Å². The molecule has 0 amide bonds. The Morgan fingerprint density at radius 1 is 1.28 bits per heavy atom. The van der Waals surface area contributed by atoms with Gasteiger partial charge in [0.1, 0.15) is 5.69 Å². The molecule has 3 heterocycles. The summed E-state index contributed by atoms with van der Waals surface area (Å²) in [4.78, 5) is 31.2. The van der Waals surface area contributed by atoms with Crippen LogP contribution in [0.1, 0.15) is 65.4 Å². The van der Waals surface area contributed by atoms with Crippen molar-refractivity contribution in [1.29, 1.82) is 0 Å². The molecule has 0 aliphatic carbocycles. The highest BCUT2D eigenvalue weighted by atomic mass is 32.1. The summed E-state index contributed by atoms with van der Waals surface area (Å²) in [6, 6.07) is 1.63. The highest BCUT2D eigenvalue weighted by Gasteiger charge is 2.23. The Hall–Kier alpha value is -2.68. The van der Waals surface area contributed by atoms with E-state index >= 15 is 0 Å². The minimum atomic E-state index is -0.686. The van der Waals surface area contributed by atoms with Gasteiger partial charge in [0.15, 0.2) is 11.9 Å². The van der Waals surface area contributed by atoms with Crippen LogP contribution in [0.5, 0.6) is 0 Å². The maximum atomic E-state index is 12.3. The standard InChI is InChI=1S/C16H17N3O5S/c1-7(2)13-18-14(24-19-13)8(3)23-16(21)10-5-11-12(17-10)9(6-25-11)15(20)22-4/h5-8,17H,1-4H3. The molecular formula is C16H17N3O5S. The first-order chi connectivity index (χ1) is 11.9. The molecule has 0 aliphatic rings. The Morgan fingerprint density at radius 3 is 2.68 bits per heavy atom. The summed E-state index contributed by atoms with van der Waals surface area (Å²) in [6.45, 7) is 5.53. The summed E-state index contributed by atoms with van der Waals surface area (Å²) < 4.78 is 16.0. The van der Waals surface area contributed by atoms with Crippen molar-refractivity contribution in [1.82, 2.24) is 15.1 Å². The van der Waals surface area contributed by atoms with Crippen molar-refractivity contribution in [2.24, 2.45) is 0 Å². The summed E-state index contributed by atoms with van der Waals surface area (Å²) in [6.07, 6.45) is -0.686. The lowest BCUT2D eigenvalue weighted by Gasteiger charge is -2.07. The van der Waals surface area contributed by atoms with Gasteiger partial charge in [-0.2, -0.15) is 4.98 Å². The number of methoxy groups -OCH3 is 1. The predicted octanol–water partition coefficient (Wildman–Crippen LogP) is 3.44. The summed E-state index contributed by atoms with van der Waals surface area (Å²) in [5.41, 5.74) is 1.17. The van der Waals surface area contributed by atoms with Crippen molar-refractivity contribution in [2.45, 2.75) is 32.8 Å². The van der Waals surface area contributed by atoms with E-state index in [0.717, 1.165) is 4.70 Å². The van der Waals surface area contributed by atoms with E-state index in [1.165, 1.54) is 18.4 Å². The number of ether oxygens (including phenoxy) is 2. The number of fused-ring (bicyclic) bond motifs is 1. The van der Waals surface area contributed by atoms with Crippen LogP contribution in [0.2, 0.25) is 0 Å². The molecule has 1 N–H and O–H groups in total. The zero-order valence-electron chi connectivity index (χ0n) is 14.2. The summed E-state index contributed by atoms with van der Waals surface area (Å²) in [7, 11) is 1.31. The number of nitrogens with one attached hydrogen (secondary N) is 1. The van der Waals surface area contributed by atoms with E-state index in [1.807, 2.05) is 13.8 Å². The van der Waals surface area contributed by atoms with Crippen LogP contribution in [-0.2, 0) is 9.47 Å². The van der Waals surface area contributed by atoms with E-state index < -0.39 is 18.0 Å². The molecule has 9 heteroatoms. The molecule has 3 aromatic heterocycles. The van der Waals surface area contributed by atoms with Gasteiger partial charge in [-0.15, -0.1) is 11.3 Å². The minimum Gasteiger partial charge on any atom is -0.465 e. The zero-order chi connectivity index (χ0) is 18.1. The quantitative estimate of drug-likeness (QED) is 0.692. The Kier molecular flexibility index (Phi) is 4.58. The summed E-state index contributed by atoms with van der Waals surface area (Å²) in [5, 5.41) is 5.53. The molecule has 3 rings (SSSR count). The van der Waals surface area contributed by atoms with Crippen LogP contribution in [0.15, 0.2) is 16.0 Å². The molecule has 0 saturated heterocycles. The Morgan fingerprint density at radius 2 is 2.04 bits per heavy atom. The number of carbonyl (C=O) groups is 2. The summed E-state index contributed by atoms with van der Waals surface area (Å²) in [5.74, 6) is -0.126. The molecular weight excluding hydrogens is 346 g/mol. The van der Waals surface area contributed by atoms with Crippen molar-refractivity contribution < 1.29 is 23.6 Å². The number of thiophene rings is 1. The van der Waals surface area contributed by atoms with Gasteiger partial charge < -0.3 is 19.0 Å². The van der Waals surface area contributed by atoms with Crippen LogP contribution in [0, 0.1) is 0 Å². The molecule has 0 saturated carbocycles. The molecule has 3 aromatic rings. The van der Waals surface area contributed by atoms with Gasteiger partial charge in [0.25, 0.3) is 5.89 Å². The Labute approximate surface area is 147 Å². The normalized spacial score (nSPS) is 12.5. The van der Waals surface area contributed by atoms with Gasteiger partial charge >= 0.3 is 11.9 Å². The van der Waals surface area contributed by atoms with Gasteiger partial charge in [-0.05, 0) is 13.0 Å². The monoisotopic (exact) mass is 363 g/mol. The molecule has 0 spiro atoms. The fourth-order valence-corrected chi connectivity index (χ4v) is 3.13. The topological polar surface area (TPSA) is 107 Å². The highest BCUT2D eigenvalue weighted by molar-refractivity contribution is 7.17. The largest absolute Gasteiger partial charge is 0.465 e. The second-order valence-corrected chi connectivity index (χ2v) is 6.67. The van der Waals surface area contributed by atoms with Crippen molar-refractivity contribution in [2.75, 3.05) is 7.11 Å². The lowest BCUT2D eigenvalue weighted by molar-refractivity contribution is 0.0259. The van der Waals surface area contributed by atoms with Crippen molar-refractivity contribution in [3.8, 4) is 0 Å². The third-order valence-corrected chi connectivity index (χ3v) is 4.51. The van der Waals surface area contributed by atoms with Crippen molar-refractivity contribution >= 4 is 33.5 Å². The van der Waals surface area contributed by atoms with E-state index in [2.05, 4.69) is 15.1 Å². The van der Waals surface area contributed by atoms with Crippen LogP contribution in [0.3, 0.4) is 0 Å². The third kappa shape index (κ3) is 3.27. The molecule has 1 unspecified atom stereocenters. The summed E-state index contributed by atoms with van der Waals surface area (Å²) >= 11 is 1.34. The van der Waals surface area contributed by atoms with E-state index in [1.54, 1.807) is 18.4 Å². The molecule has 0 aromatic carbocycles. The predicted molar refractivity (Wildman–Crippen MR) is 89.7 cm³/mol. The number of aromatic nitrogens is 3. The molecule has 0 fully saturated rings. The smallest absolute Gasteiger partial charge is 0.355 e. The SMILES string of the molecule is COC(=O)c1csc2cc(C(=O)OC(C)c3nc(C(C)C)no3)[nH]c12. The molecule has 132 valence electrons. The second kappa shape index (κ2) is 6.67. The first-order valence-corrected chi connectivity index (χ1v) is 8.51. The Balaban J connectivity index is 1.77. The van der Waals surface area contributed by atoms with Crippen LogP contribution >= 0.6 is 11.3 Å². The number of carbonyl (C=O) groups excluding carboxylic acids is 2. The first kappa shape index (κ1) is 17.2. The van der Waals surface area contributed by atoms with Crippen LogP contribution in [0.25, 0.3) is 10.2 Å². The maximum absolute atomic E-state index is 12.3. The average Bonchev–Trinajstić information content (AvgIpc) is 3.28. The number of nitrogens with zero attached hydrogens (tertiary/aromatic N) is 2. The average molecular weight is 363 g/mol. The number of H-pyrrole nitrogens is 1. The first-order valence-electron chi connectivity index (χ1n) is 7.63. The fraction of sp³-hybridized carbons (Fsp3) is 0.375. The van der Waals surface area contributed by atoms with E-state index in [0.29, 0.717) is 16.9 Å². The molecule has 0 bridgehead atoms. The molecule has 0 radical (unpaired) electrons. The maximum Gasteiger partial charge on any atom is 0.355 e. The lowest BCUT2D eigenvalue weighted by Crippen LogP contribution is -2.10. The second-order valence-electron chi connectivity index (χ2n) is 5.76. The van der Waals surface area contributed by atoms with Crippen molar-refractivity contribution in [3.05, 3.63) is 34.4 Å². The molecule has 1 atom stereocenters. The zero-order valence-corrected chi connectivity index (χ0v) is 15.0. The van der Waals surface area contributed by atoms with E-state index in [9.17, 15) is 9.59 Å². The number of aromatic amines is 1. The minimum absolute atomic E-state index is 0.118. The van der Waals surface area contributed by atoms with Gasteiger partial charge in [-0.25, -0.2) is 9.59 Å². The van der Waals surface area contributed by atoms with E-state index in [4.69, 9.17) is 14.0 Å².